The average molecular weight is 403 g/mol. The van der Waals surface area contributed by atoms with E-state index < -0.39 is 17.9 Å². The van der Waals surface area contributed by atoms with E-state index in [0.717, 1.165) is 16.9 Å². The number of hydrogen-bond acceptors (Lipinski definition) is 6. The smallest absolute Gasteiger partial charge is 0.350 e. The molecule has 2 aromatic heterocycles. The fourth-order valence-electron chi connectivity index (χ4n) is 2.53. The van der Waals surface area contributed by atoms with Crippen molar-refractivity contribution in [3.05, 3.63) is 70.1 Å². The predicted octanol–water partition coefficient (Wildman–Crippen LogP) is 5.66. The summed E-state index contributed by atoms with van der Waals surface area (Å²) in [5.74, 6) is -0.518. The summed E-state index contributed by atoms with van der Waals surface area (Å²) in [5.41, 5.74) is 0.768. The molecule has 8 heteroatoms. The third-order valence-corrected chi connectivity index (χ3v) is 5.51. The van der Waals surface area contributed by atoms with Crippen LogP contribution >= 0.6 is 22.9 Å². The van der Waals surface area contributed by atoms with Gasteiger partial charge in [-0.05, 0) is 37.3 Å². The van der Waals surface area contributed by atoms with Crippen LogP contribution in [0.25, 0.3) is 21.5 Å². The van der Waals surface area contributed by atoms with E-state index in [0.29, 0.717) is 16.0 Å². The molecule has 2 aromatic carbocycles. The van der Waals surface area contributed by atoms with Gasteiger partial charge in [0.2, 0.25) is 5.89 Å². The molecule has 0 aliphatic rings. The highest BCUT2D eigenvalue weighted by molar-refractivity contribution is 7.21. The van der Waals surface area contributed by atoms with Gasteiger partial charge in [-0.2, -0.15) is 0 Å². The van der Waals surface area contributed by atoms with E-state index in [-0.39, 0.29) is 15.8 Å². The van der Waals surface area contributed by atoms with E-state index in [1.807, 2.05) is 30.3 Å². The zero-order chi connectivity index (χ0) is 19.0. The van der Waals surface area contributed by atoms with Crippen LogP contribution in [0.1, 0.15) is 28.6 Å². The number of carbonyl (C=O) groups excluding carboxylic acids is 1. The van der Waals surface area contributed by atoms with Gasteiger partial charge < -0.3 is 9.15 Å². The van der Waals surface area contributed by atoms with Gasteiger partial charge in [0.05, 0.1) is 5.02 Å². The van der Waals surface area contributed by atoms with Crippen LogP contribution in [0.15, 0.2) is 52.9 Å². The molecule has 1 atom stereocenters. The Morgan fingerprint density at radius 1 is 1.22 bits per heavy atom. The van der Waals surface area contributed by atoms with Crippen LogP contribution in [0.4, 0.5) is 4.39 Å². The van der Waals surface area contributed by atoms with E-state index in [1.54, 1.807) is 6.92 Å². The Kier molecular flexibility index (Phi) is 4.63. The minimum atomic E-state index is -0.763. The summed E-state index contributed by atoms with van der Waals surface area (Å²) in [4.78, 5) is 12.7. The Morgan fingerprint density at radius 2 is 2.00 bits per heavy atom. The number of aromatic nitrogens is 2. The van der Waals surface area contributed by atoms with Crippen molar-refractivity contribution in [3.8, 4) is 11.5 Å². The van der Waals surface area contributed by atoms with Crippen molar-refractivity contribution in [1.82, 2.24) is 10.2 Å². The van der Waals surface area contributed by atoms with Crippen molar-refractivity contribution in [1.29, 1.82) is 0 Å². The van der Waals surface area contributed by atoms with Crippen molar-refractivity contribution < 1.29 is 18.3 Å². The third kappa shape index (κ3) is 3.43. The molecule has 0 unspecified atom stereocenters. The second-order valence-electron chi connectivity index (χ2n) is 5.74. The molecular formula is C19H12ClFN2O3S. The number of ether oxygens (including phenoxy) is 1. The maximum Gasteiger partial charge on any atom is 0.350 e. The number of fused-ring (bicyclic) bond motifs is 1. The number of benzene rings is 2. The number of nitrogens with zero attached hydrogens (tertiary/aromatic N) is 2. The molecule has 0 spiro atoms. The molecule has 0 bridgehead atoms. The Labute approximate surface area is 162 Å². The molecule has 0 aliphatic carbocycles. The standard InChI is InChI=1S/C19H12ClFN2O3S/c1-10(17-22-23-18(26-17)11-5-3-2-4-6-11)25-19(24)16-15(20)13-8-7-12(21)9-14(13)27-16/h2-10H,1H3/t10-/m1/s1. The first kappa shape index (κ1) is 17.6. The molecule has 27 heavy (non-hydrogen) atoms. The second-order valence-corrected chi connectivity index (χ2v) is 7.17. The van der Waals surface area contributed by atoms with Gasteiger partial charge in [0.15, 0.2) is 6.10 Å². The molecule has 2 heterocycles. The van der Waals surface area contributed by atoms with E-state index in [4.69, 9.17) is 20.8 Å². The monoisotopic (exact) mass is 402 g/mol. The minimum Gasteiger partial charge on any atom is -0.448 e. The Balaban J connectivity index is 1.55. The molecule has 0 radical (unpaired) electrons. The van der Waals surface area contributed by atoms with E-state index in [2.05, 4.69) is 10.2 Å². The Hall–Kier alpha value is -2.77. The lowest BCUT2D eigenvalue weighted by Crippen LogP contribution is -2.08. The first-order chi connectivity index (χ1) is 13.0. The van der Waals surface area contributed by atoms with Crippen LogP contribution in [0, 0.1) is 5.82 Å². The van der Waals surface area contributed by atoms with Gasteiger partial charge in [0.1, 0.15) is 10.7 Å². The summed E-state index contributed by atoms with van der Waals surface area (Å²) in [6, 6.07) is 13.4. The fraction of sp³-hybridized carbons (Fsp3) is 0.105. The van der Waals surface area contributed by atoms with E-state index in [9.17, 15) is 9.18 Å². The van der Waals surface area contributed by atoms with Gasteiger partial charge in [-0.25, -0.2) is 9.18 Å². The molecule has 0 amide bonds. The van der Waals surface area contributed by atoms with Crippen molar-refractivity contribution >= 4 is 39.0 Å². The van der Waals surface area contributed by atoms with Gasteiger partial charge in [-0.15, -0.1) is 21.5 Å². The van der Waals surface area contributed by atoms with Gasteiger partial charge in [0.25, 0.3) is 5.89 Å². The third-order valence-electron chi connectivity index (χ3n) is 3.87. The Morgan fingerprint density at radius 3 is 2.78 bits per heavy atom. The predicted molar refractivity (Wildman–Crippen MR) is 100 cm³/mol. The first-order valence-corrected chi connectivity index (χ1v) is 9.19. The number of carbonyl (C=O) groups is 1. The molecular weight excluding hydrogens is 391 g/mol. The van der Waals surface area contributed by atoms with Crippen LogP contribution < -0.4 is 0 Å². The number of rotatable bonds is 4. The minimum absolute atomic E-state index is 0.172. The molecule has 0 saturated heterocycles. The maximum atomic E-state index is 13.4. The molecule has 0 aliphatic heterocycles. The average Bonchev–Trinajstić information content (AvgIpc) is 3.28. The summed E-state index contributed by atoms with van der Waals surface area (Å²) in [6.07, 6.45) is -0.763. The maximum absolute atomic E-state index is 13.4. The summed E-state index contributed by atoms with van der Waals surface area (Å²) < 4.78 is 24.9. The highest BCUT2D eigenvalue weighted by Gasteiger charge is 2.24. The topological polar surface area (TPSA) is 65.2 Å². The zero-order valence-electron chi connectivity index (χ0n) is 14.0. The van der Waals surface area contributed by atoms with Gasteiger partial charge in [0, 0.05) is 15.6 Å². The van der Waals surface area contributed by atoms with Crippen LogP contribution in [0.2, 0.25) is 5.02 Å². The second kappa shape index (κ2) is 7.09. The van der Waals surface area contributed by atoms with Crippen LogP contribution in [-0.2, 0) is 4.74 Å². The lowest BCUT2D eigenvalue weighted by Gasteiger charge is -2.08. The quantitative estimate of drug-likeness (QED) is 0.412. The van der Waals surface area contributed by atoms with Gasteiger partial charge in [-0.3, -0.25) is 0 Å². The Bertz CT molecular complexity index is 1130. The molecule has 0 fully saturated rings. The first-order valence-electron chi connectivity index (χ1n) is 8.00. The summed E-state index contributed by atoms with van der Waals surface area (Å²) in [5, 5.41) is 8.76. The molecule has 4 aromatic rings. The summed E-state index contributed by atoms with van der Waals surface area (Å²) in [7, 11) is 0. The van der Waals surface area contributed by atoms with Crippen molar-refractivity contribution in [2.45, 2.75) is 13.0 Å². The SMILES string of the molecule is C[C@@H](OC(=O)c1sc2cc(F)ccc2c1Cl)c1nnc(-c2ccccc2)o1. The molecule has 5 nitrogen and oxygen atoms in total. The highest BCUT2D eigenvalue weighted by Crippen LogP contribution is 2.37. The van der Waals surface area contributed by atoms with Crippen molar-refractivity contribution in [2.24, 2.45) is 0 Å². The summed E-state index contributed by atoms with van der Waals surface area (Å²) in [6.45, 7) is 1.63. The van der Waals surface area contributed by atoms with E-state index >= 15 is 0 Å². The number of esters is 1. The van der Waals surface area contributed by atoms with Crippen LogP contribution in [0.3, 0.4) is 0 Å². The van der Waals surface area contributed by atoms with Crippen molar-refractivity contribution in [2.75, 3.05) is 0 Å². The molecule has 0 N–H and O–H groups in total. The molecule has 4 rings (SSSR count). The lowest BCUT2D eigenvalue weighted by molar-refractivity contribution is 0.0286. The van der Waals surface area contributed by atoms with Gasteiger partial charge in [-0.1, -0.05) is 29.8 Å². The zero-order valence-corrected chi connectivity index (χ0v) is 15.6. The number of thiophene rings is 1. The molecule has 0 saturated carbocycles. The number of hydrogen-bond donors (Lipinski definition) is 0. The normalized spacial score (nSPS) is 12.3. The fourth-order valence-corrected chi connectivity index (χ4v) is 3.95. The van der Waals surface area contributed by atoms with Crippen LogP contribution in [0.5, 0.6) is 0 Å². The number of halogens is 2. The lowest BCUT2D eigenvalue weighted by atomic mass is 10.2. The largest absolute Gasteiger partial charge is 0.448 e. The van der Waals surface area contributed by atoms with E-state index in [1.165, 1.54) is 18.2 Å². The van der Waals surface area contributed by atoms with Crippen molar-refractivity contribution in [3.63, 3.8) is 0 Å². The highest BCUT2D eigenvalue weighted by atomic mass is 35.5. The van der Waals surface area contributed by atoms with Gasteiger partial charge >= 0.3 is 5.97 Å². The van der Waals surface area contributed by atoms with Crippen LogP contribution in [-0.4, -0.2) is 16.2 Å². The molecule has 136 valence electrons. The summed E-state index contributed by atoms with van der Waals surface area (Å²) >= 11 is 7.33.